The van der Waals surface area contributed by atoms with Gasteiger partial charge in [-0.25, -0.2) is 13.2 Å². The average molecular weight is 301 g/mol. The summed E-state index contributed by atoms with van der Waals surface area (Å²) in [5.41, 5.74) is -0.172. The van der Waals surface area contributed by atoms with Gasteiger partial charge in [0.1, 0.15) is 4.90 Å². The molecule has 1 heterocycles. The molecule has 20 heavy (non-hydrogen) atoms. The van der Waals surface area contributed by atoms with Crippen LogP contribution in [0.1, 0.15) is 42.9 Å². The number of nitrogens with one attached hydrogen (secondary N) is 1. The summed E-state index contributed by atoms with van der Waals surface area (Å²) in [4.78, 5) is 10.9. The van der Waals surface area contributed by atoms with Crippen molar-refractivity contribution >= 4 is 16.0 Å². The van der Waals surface area contributed by atoms with Crippen LogP contribution in [0.4, 0.5) is 0 Å². The molecule has 0 spiro atoms. The molecule has 0 atom stereocenters. The predicted molar refractivity (Wildman–Crippen MR) is 72.0 cm³/mol. The molecule has 0 aromatic carbocycles. The quantitative estimate of drug-likeness (QED) is 0.822. The fraction of sp³-hybridized carbons (Fsp3) is 0.667. The molecule has 1 aliphatic carbocycles. The van der Waals surface area contributed by atoms with Gasteiger partial charge in [-0.2, -0.15) is 9.40 Å². The highest BCUT2D eigenvalue weighted by Gasteiger charge is 2.41. The lowest BCUT2D eigenvalue weighted by Gasteiger charge is -2.23. The third kappa shape index (κ3) is 2.71. The SMILES string of the molecule is Cc1[nH]nc(C(=O)O)c1S(=O)(=O)N(CC(C)C)C1CC1. The third-order valence-electron chi connectivity index (χ3n) is 3.16. The number of carbonyl (C=O) groups is 1. The Bertz CT molecular complexity index is 617. The molecule has 7 nitrogen and oxygen atoms in total. The fourth-order valence-electron chi connectivity index (χ4n) is 2.16. The van der Waals surface area contributed by atoms with Gasteiger partial charge in [-0.1, -0.05) is 13.8 Å². The van der Waals surface area contributed by atoms with Gasteiger partial charge in [-0.05, 0) is 25.7 Å². The van der Waals surface area contributed by atoms with Gasteiger partial charge in [0.25, 0.3) is 0 Å². The number of nitrogens with zero attached hydrogens (tertiary/aromatic N) is 2. The number of hydrogen-bond donors (Lipinski definition) is 2. The summed E-state index contributed by atoms with van der Waals surface area (Å²) in [6.07, 6.45) is 1.65. The Morgan fingerprint density at radius 1 is 1.50 bits per heavy atom. The summed E-state index contributed by atoms with van der Waals surface area (Å²) < 4.78 is 26.9. The van der Waals surface area contributed by atoms with Crippen LogP contribution in [-0.2, 0) is 10.0 Å². The first kappa shape index (κ1) is 15.0. The van der Waals surface area contributed by atoms with Crippen LogP contribution in [0.25, 0.3) is 0 Å². The maximum Gasteiger partial charge on any atom is 0.357 e. The van der Waals surface area contributed by atoms with Crippen LogP contribution < -0.4 is 0 Å². The topological polar surface area (TPSA) is 103 Å². The lowest BCUT2D eigenvalue weighted by Crippen LogP contribution is -2.37. The molecule has 1 aromatic rings. The minimum absolute atomic E-state index is 0.0154. The standard InChI is InChI=1S/C12H19N3O4S/c1-7(2)6-15(9-4-5-9)20(18,19)11-8(3)13-14-10(11)12(16)17/h7,9H,4-6H2,1-3H3,(H,13,14)(H,16,17). The minimum Gasteiger partial charge on any atom is -0.476 e. The van der Waals surface area contributed by atoms with Crippen LogP contribution >= 0.6 is 0 Å². The molecule has 0 unspecified atom stereocenters. The van der Waals surface area contributed by atoms with Crippen molar-refractivity contribution in [2.45, 2.75) is 44.6 Å². The van der Waals surface area contributed by atoms with Gasteiger partial charge in [0.05, 0.1) is 5.69 Å². The van der Waals surface area contributed by atoms with E-state index < -0.39 is 21.7 Å². The van der Waals surface area contributed by atoms with Gasteiger partial charge in [0.2, 0.25) is 10.0 Å². The lowest BCUT2D eigenvalue weighted by molar-refractivity contribution is 0.0686. The van der Waals surface area contributed by atoms with Gasteiger partial charge in [-0.3, -0.25) is 5.10 Å². The Labute approximate surface area is 118 Å². The zero-order chi connectivity index (χ0) is 15.1. The summed E-state index contributed by atoms with van der Waals surface area (Å²) in [6.45, 7) is 5.78. The second-order valence-corrected chi connectivity index (χ2v) is 7.36. The van der Waals surface area contributed by atoms with Crippen LogP contribution in [-0.4, -0.2) is 46.6 Å². The van der Waals surface area contributed by atoms with E-state index >= 15 is 0 Å². The zero-order valence-electron chi connectivity index (χ0n) is 11.8. The third-order valence-corrected chi connectivity index (χ3v) is 5.24. The number of rotatable bonds is 6. The molecule has 1 aromatic heterocycles. The van der Waals surface area contributed by atoms with E-state index in [9.17, 15) is 13.2 Å². The van der Waals surface area contributed by atoms with Crippen molar-refractivity contribution in [3.8, 4) is 0 Å². The Morgan fingerprint density at radius 2 is 2.10 bits per heavy atom. The Kier molecular flexibility index (Phi) is 3.88. The predicted octanol–water partition coefficient (Wildman–Crippen LogP) is 1.23. The highest BCUT2D eigenvalue weighted by molar-refractivity contribution is 7.89. The molecule has 2 N–H and O–H groups in total. The first-order chi connectivity index (χ1) is 9.25. The number of sulfonamides is 1. The second-order valence-electron chi connectivity index (χ2n) is 5.53. The molecule has 112 valence electrons. The molecule has 0 saturated heterocycles. The van der Waals surface area contributed by atoms with Crippen LogP contribution in [0, 0.1) is 12.8 Å². The highest BCUT2D eigenvalue weighted by atomic mass is 32.2. The van der Waals surface area contributed by atoms with E-state index in [0.29, 0.717) is 6.54 Å². The first-order valence-corrected chi connectivity index (χ1v) is 7.99. The summed E-state index contributed by atoms with van der Waals surface area (Å²) in [5, 5.41) is 15.1. The van der Waals surface area contributed by atoms with Crippen molar-refractivity contribution in [1.29, 1.82) is 0 Å². The number of aryl methyl sites for hydroxylation is 1. The highest BCUT2D eigenvalue weighted by Crippen LogP contribution is 2.34. The Hall–Kier alpha value is -1.41. The number of aromatic nitrogens is 2. The van der Waals surface area contributed by atoms with E-state index in [0.717, 1.165) is 12.8 Å². The first-order valence-electron chi connectivity index (χ1n) is 6.55. The molecular weight excluding hydrogens is 282 g/mol. The van der Waals surface area contributed by atoms with Crippen LogP contribution in [0.2, 0.25) is 0 Å². The summed E-state index contributed by atoms with van der Waals surface area (Å²) in [5.74, 6) is -1.17. The van der Waals surface area contributed by atoms with E-state index in [4.69, 9.17) is 5.11 Å². The van der Waals surface area contributed by atoms with E-state index in [1.807, 2.05) is 13.8 Å². The molecule has 0 radical (unpaired) electrons. The van der Waals surface area contributed by atoms with Crippen molar-refractivity contribution in [2.75, 3.05) is 6.54 Å². The van der Waals surface area contributed by atoms with Gasteiger partial charge < -0.3 is 5.11 Å². The Balaban J connectivity index is 2.48. The monoisotopic (exact) mass is 301 g/mol. The summed E-state index contributed by atoms with van der Waals surface area (Å²) in [7, 11) is -3.84. The van der Waals surface area contributed by atoms with Crippen LogP contribution in [0.5, 0.6) is 0 Å². The van der Waals surface area contributed by atoms with Crippen LogP contribution in [0.3, 0.4) is 0 Å². The number of aromatic amines is 1. The fourth-order valence-corrected chi connectivity index (χ4v) is 4.30. The number of carboxylic acids is 1. The maximum absolute atomic E-state index is 12.8. The molecule has 1 saturated carbocycles. The molecule has 0 amide bonds. The smallest absolute Gasteiger partial charge is 0.357 e. The normalized spacial score (nSPS) is 16.1. The maximum atomic E-state index is 12.8. The molecule has 2 rings (SSSR count). The lowest BCUT2D eigenvalue weighted by atomic mass is 10.2. The number of carboxylic acid groups (broad SMARTS) is 1. The van der Waals surface area contributed by atoms with Gasteiger partial charge >= 0.3 is 5.97 Å². The Morgan fingerprint density at radius 3 is 2.55 bits per heavy atom. The molecule has 0 aliphatic heterocycles. The van der Waals surface area contributed by atoms with Crippen molar-refractivity contribution in [2.24, 2.45) is 5.92 Å². The average Bonchev–Trinajstić information content (AvgIpc) is 3.07. The largest absolute Gasteiger partial charge is 0.476 e. The van der Waals surface area contributed by atoms with E-state index in [2.05, 4.69) is 10.2 Å². The van der Waals surface area contributed by atoms with Gasteiger partial charge in [0.15, 0.2) is 5.69 Å². The number of aromatic carboxylic acids is 1. The van der Waals surface area contributed by atoms with E-state index in [1.165, 1.54) is 11.2 Å². The molecule has 8 heteroatoms. The molecule has 1 fully saturated rings. The van der Waals surface area contributed by atoms with E-state index in [1.54, 1.807) is 0 Å². The van der Waals surface area contributed by atoms with Gasteiger partial charge in [-0.15, -0.1) is 0 Å². The summed E-state index contributed by atoms with van der Waals surface area (Å²) in [6, 6.07) is -0.0154. The van der Waals surface area contributed by atoms with Gasteiger partial charge in [0, 0.05) is 12.6 Å². The molecule has 0 bridgehead atoms. The summed E-state index contributed by atoms with van der Waals surface area (Å²) >= 11 is 0. The number of H-pyrrole nitrogens is 1. The van der Waals surface area contributed by atoms with Crippen molar-refractivity contribution in [1.82, 2.24) is 14.5 Å². The molecular formula is C12H19N3O4S. The number of hydrogen-bond acceptors (Lipinski definition) is 4. The molecule has 1 aliphatic rings. The second kappa shape index (κ2) is 5.17. The van der Waals surface area contributed by atoms with Crippen LogP contribution in [0.15, 0.2) is 4.90 Å². The van der Waals surface area contributed by atoms with Crippen molar-refractivity contribution in [3.05, 3.63) is 11.4 Å². The van der Waals surface area contributed by atoms with Crippen molar-refractivity contribution < 1.29 is 18.3 Å². The van der Waals surface area contributed by atoms with E-state index in [-0.39, 0.29) is 22.5 Å². The zero-order valence-corrected chi connectivity index (χ0v) is 12.6. The van der Waals surface area contributed by atoms with Crippen molar-refractivity contribution in [3.63, 3.8) is 0 Å². The minimum atomic E-state index is -3.84.